The zero-order valence-electron chi connectivity index (χ0n) is 15.3. The topological polar surface area (TPSA) is 79.4 Å². The Morgan fingerprint density at radius 3 is 2.67 bits per heavy atom. The maximum atomic E-state index is 12.2. The first-order valence-corrected chi connectivity index (χ1v) is 12.3. The van der Waals surface area contributed by atoms with Gasteiger partial charge in [0, 0.05) is 12.6 Å². The smallest absolute Gasteiger partial charge is 0.351 e. The first-order chi connectivity index (χ1) is 11.0. The molecule has 136 valence electrons. The van der Waals surface area contributed by atoms with Gasteiger partial charge in [0.25, 0.3) is 0 Å². The number of halogens is 1. The molecular weight excluding hydrogens is 437 g/mol. The predicted molar refractivity (Wildman–Crippen MR) is 107 cm³/mol. The highest BCUT2D eigenvalue weighted by Crippen LogP contribution is 2.41. The zero-order chi connectivity index (χ0) is 18.3. The van der Waals surface area contributed by atoms with E-state index in [4.69, 9.17) is 14.9 Å². The molecule has 1 aliphatic rings. The number of hydrogen-bond donors (Lipinski definition) is 1. The van der Waals surface area contributed by atoms with Crippen LogP contribution in [0.2, 0.25) is 18.1 Å². The van der Waals surface area contributed by atoms with Gasteiger partial charge >= 0.3 is 5.69 Å². The monoisotopic (exact) mass is 465 g/mol. The second-order valence-electron chi connectivity index (χ2n) is 7.85. The molecule has 3 atom stereocenters. The Morgan fingerprint density at radius 1 is 1.50 bits per heavy atom. The number of hydrogen-bond acceptors (Lipinski definition) is 5. The fourth-order valence-corrected chi connectivity index (χ4v) is 4.36. The Hall–Kier alpha value is -0.453. The maximum Gasteiger partial charge on any atom is 0.351 e. The highest BCUT2D eigenvalue weighted by atomic mass is 127. The normalized spacial score (nSPS) is 25.2. The quantitative estimate of drug-likeness (QED) is 0.544. The molecule has 2 heterocycles. The van der Waals surface area contributed by atoms with E-state index in [0.717, 1.165) is 9.99 Å². The van der Waals surface area contributed by atoms with Gasteiger partial charge in [-0.05, 0) is 47.1 Å². The van der Waals surface area contributed by atoms with Gasteiger partial charge < -0.3 is 14.9 Å². The summed E-state index contributed by atoms with van der Waals surface area (Å²) < 4.78 is 15.0. The van der Waals surface area contributed by atoms with Crippen molar-refractivity contribution in [3.8, 4) is 0 Å². The van der Waals surface area contributed by atoms with Crippen LogP contribution in [0, 0.1) is 3.57 Å². The van der Waals surface area contributed by atoms with Crippen molar-refractivity contribution >= 4 is 36.7 Å². The first kappa shape index (κ1) is 19.9. The van der Waals surface area contributed by atoms with Gasteiger partial charge in [-0.25, -0.2) is 4.79 Å². The van der Waals surface area contributed by atoms with Crippen molar-refractivity contribution in [3.05, 3.63) is 20.3 Å². The molecule has 8 heteroatoms. The van der Waals surface area contributed by atoms with Gasteiger partial charge in [0.05, 0.1) is 15.8 Å². The Morgan fingerprint density at radius 2 is 2.12 bits per heavy atom. The third-order valence-corrected chi connectivity index (χ3v) is 10.4. The molecule has 1 aromatic rings. The standard InChI is InChI=1S/C16H28IN3O3Si/c1-7-11-12(23-24(5,6)16(2,3)4)8-13(22-11)20-9-10(17)14(18)19-15(20)21/h9,11-13H,7-8H2,1-6H3,(H2,18,19,21)/t11-,12?,13-/m1/s1. The lowest BCUT2D eigenvalue weighted by Gasteiger charge is -2.39. The number of nitrogens with two attached hydrogens (primary N) is 1. The summed E-state index contributed by atoms with van der Waals surface area (Å²) in [5.74, 6) is 0.260. The SMILES string of the molecule is CC[C@H]1O[C@@H](n2cc(I)c(N)nc2=O)CC1O[Si](C)(C)C(C)(C)C. The highest BCUT2D eigenvalue weighted by Gasteiger charge is 2.44. The summed E-state index contributed by atoms with van der Waals surface area (Å²) in [6.07, 6.45) is 2.88. The van der Waals surface area contributed by atoms with E-state index in [0.29, 0.717) is 6.42 Å². The molecule has 24 heavy (non-hydrogen) atoms. The van der Waals surface area contributed by atoms with Gasteiger partial charge in [0.2, 0.25) is 0 Å². The minimum absolute atomic E-state index is 0.00278. The molecule has 1 saturated heterocycles. The Bertz CT molecular complexity index is 657. The molecule has 0 spiro atoms. The van der Waals surface area contributed by atoms with Crippen LogP contribution in [0.4, 0.5) is 5.82 Å². The van der Waals surface area contributed by atoms with Crippen molar-refractivity contribution in [2.45, 2.75) is 77.1 Å². The zero-order valence-corrected chi connectivity index (χ0v) is 18.5. The van der Waals surface area contributed by atoms with Gasteiger partial charge in [-0.1, -0.05) is 27.7 Å². The van der Waals surface area contributed by atoms with Crippen LogP contribution in [-0.2, 0) is 9.16 Å². The summed E-state index contributed by atoms with van der Waals surface area (Å²) in [4.78, 5) is 16.1. The molecular formula is C16H28IN3O3Si. The van der Waals surface area contributed by atoms with Crippen LogP contribution in [-0.4, -0.2) is 30.1 Å². The van der Waals surface area contributed by atoms with Crippen molar-refractivity contribution < 1.29 is 9.16 Å². The van der Waals surface area contributed by atoms with Crippen LogP contribution < -0.4 is 11.4 Å². The highest BCUT2D eigenvalue weighted by molar-refractivity contribution is 14.1. The van der Waals surface area contributed by atoms with E-state index < -0.39 is 8.32 Å². The lowest BCUT2D eigenvalue weighted by Crippen LogP contribution is -2.45. The van der Waals surface area contributed by atoms with Gasteiger partial charge in [0.15, 0.2) is 8.32 Å². The molecule has 0 aromatic carbocycles. The molecule has 2 rings (SSSR count). The third kappa shape index (κ3) is 4.02. The predicted octanol–water partition coefficient (Wildman–Crippen LogP) is 3.52. The molecule has 1 aromatic heterocycles. The van der Waals surface area contributed by atoms with E-state index in [9.17, 15) is 4.79 Å². The number of nitrogen functional groups attached to an aromatic ring is 1. The van der Waals surface area contributed by atoms with Crippen LogP contribution in [0.1, 0.15) is 46.8 Å². The molecule has 0 radical (unpaired) electrons. The molecule has 6 nitrogen and oxygen atoms in total. The molecule has 2 N–H and O–H groups in total. The minimum atomic E-state index is -1.90. The summed E-state index contributed by atoms with van der Waals surface area (Å²) in [5.41, 5.74) is 5.33. The van der Waals surface area contributed by atoms with Crippen LogP contribution in [0.5, 0.6) is 0 Å². The van der Waals surface area contributed by atoms with Crippen molar-refractivity contribution in [2.24, 2.45) is 0 Å². The van der Waals surface area contributed by atoms with E-state index in [1.54, 1.807) is 6.20 Å². The van der Waals surface area contributed by atoms with Crippen molar-refractivity contribution in [1.29, 1.82) is 0 Å². The van der Waals surface area contributed by atoms with E-state index in [-0.39, 0.29) is 35.0 Å². The van der Waals surface area contributed by atoms with Crippen LogP contribution in [0.25, 0.3) is 0 Å². The fraction of sp³-hybridized carbons (Fsp3) is 0.750. The van der Waals surface area contributed by atoms with Gasteiger partial charge in [0.1, 0.15) is 12.0 Å². The Balaban J connectivity index is 2.24. The first-order valence-electron chi connectivity index (χ1n) is 8.33. The summed E-state index contributed by atoms with van der Waals surface area (Å²) in [5, 5.41) is 0.137. The van der Waals surface area contributed by atoms with Crippen molar-refractivity contribution in [1.82, 2.24) is 9.55 Å². The largest absolute Gasteiger partial charge is 0.411 e. The Kier molecular flexibility index (Phi) is 5.83. The van der Waals surface area contributed by atoms with Gasteiger partial charge in [-0.2, -0.15) is 4.98 Å². The lowest BCUT2D eigenvalue weighted by molar-refractivity contribution is -0.0197. The summed E-state index contributed by atoms with van der Waals surface area (Å²) in [6.45, 7) is 13.3. The lowest BCUT2D eigenvalue weighted by atomic mass is 10.1. The van der Waals surface area contributed by atoms with Crippen molar-refractivity contribution in [2.75, 3.05) is 5.73 Å². The number of rotatable bonds is 4. The summed E-state index contributed by atoms with van der Waals surface area (Å²) >= 11 is 2.08. The summed E-state index contributed by atoms with van der Waals surface area (Å²) in [7, 11) is -1.90. The van der Waals surface area contributed by atoms with Crippen LogP contribution in [0.3, 0.4) is 0 Å². The molecule has 0 bridgehead atoms. The number of anilines is 1. The maximum absolute atomic E-state index is 12.2. The summed E-state index contributed by atoms with van der Waals surface area (Å²) in [6, 6.07) is 0. The average molecular weight is 465 g/mol. The minimum Gasteiger partial charge on any atom is -0.411 e. The Labute approximate surface area is 158 Å². The number of nitrogens with zero attached hydrogens (tertiary/aromatic N) is 2. The third-order valence-electron chi connectivity index (χ3n) is 5.08. The molecule has 0 amide bonds. The average Bonchev–Trinajstić information content (AvgIpc) is 2.83. The van der Waals surface area contributed by atoms with E-state index in [1.165, 1.54) is 4.57 Å². The van der Waals surface area contributed by atoms with E-state index >= 15 is 0 Å². The van der Waals surface area contributed by atoms with Crippen LogP contribution >= 0.6 is 22.6 Å². The van der Waals surface area contributed by atoms with Crippen molar-refractivity contribution in [3.63, 3.8) is 0 Å². The second-order valence-corrected chi connectivity index (χ2v) is 13.8. The van der Waals surface area contributed by atoms with E-state index in [2.05, 4.69) is 68.4 Å². The molecule has 0 aliphatic carbocycles. The number of aromatic nitrogens is 2. The molecule has 1 fully saturated rings. The van der Waals surface area contributed by atoms with Gasteiger partial charge in [-0.3, -0.25) is 4.57 Å². The number of ether oxygens (including phenoxy) is 1. The van der Waals surface area contributed by atoms with Crippen LogP contribution in [0.15, 0.2) is 11.0 Å². The van der Waals surface area contributed by atoms with Gasteiger partial charge in [-0.15, -0.1) is 0 Å². The van der Waals surface area contributed by atoms with E-state index in [1.807, 2.05) is 0 Å². The fourth-order valence-electron chi connectivity index (χ4n) is 2.58. The second kappa shape index (κ2) is 7.04. The molecule has 0 saturated carbocycles. The molecule has 1 unspecified atom stereocenters. The molecule has 1 aliphatic heterocycles.